The van der Waals surface area contributed by atoms with Crippen molar-refractivity contribution in [2.75, 3.05) is 41.7 Å². The number of nitrogens with one attached hydrogen (secondary N) is 1. The Morgan fingerprint density at radius 2 is 2.09 bits per heavy atom. The number of morpholine rings is 1. The fraction of sp³-hybridized carbons (Fsp3) is 0.467. The van der Waals surface area contributed by atoms with Gasteiger partial charge in [-0.2, -0.15) is 0 Å². The maximum Gasteiger partial charge on any atom is 0.232 e. The Hall–Kier alpha value is -1.23. The van der Waals surface area contributed by atoms with E-state index in [1.54, 1.807) is 0 Å². The Labute approximate surface area is 140 Å². The summed E-state index contributed by atoms with van der Waals surface area (Å²) in [6, 6.07) is 5.66. The molecule has 1 heterocycles. The third-order valence-electron chi connectivity index (χ3n) is 3.33. The first-order valence-corrected chi connectivity index (χ1v) is 9.52. The molecule has 1 fully saturated rings. The van der Waals surface area contributed by atoms with E-state index in [4.69, 9.17) is 11.2 Å². The topological polar surface area (TPSA) is 58.6 Å². The Morgan fingerprint density at radius 3 is 2.77 bits per heavy atom. The molecular weight excluding hydrogens is 368 g/mol. The van der Waals surface area contributed by atoms with Crippen LogP contribution >= 0.6 is 15.9 Å². The number of rotatable bonds is 6. The van der Waals surface area contributed by atoms with Gasteiger partial charge in [0.25, 0.3) is 0 Å². The molecule has 0 atom stereocenters. The zero-order chi connectivity index (χ0) is 16.0. The van der Waals surface area contributed by atoms with Crippen molar-refractivity contribution in [3.63, 3.8) is 0 Å². The summed E-state index contributed by atoms with van der Waals surface area (Å²) in [5.41, 5.74) is 1.53. The number of halogens is 1. The summed E-state index contributed by atoms with van der Waals surface area (Å²) in [6.45, 7) is 2.97. The van der Waals surface area contributed by atoms with E-state index < -0.39 is 10.0 Å². The second-order valence-electron chi connectivity index (χ2n) is 4.99. The van der Waals surface area contributed by atoms with Gasteiger partial charge in [0, 0.05) is 29.7 Å². The van der Waals surface area contributed by atoms with Crippen molar-refractivity contribution in [3.05, 3.63) is 22.7 Å². The fourth-order valence-electron chi connectivity index (χ4n) is 2.19. The number of sulfonamides is 1. The molecule has 0 bridgehead atoms. The smallest absolute Gasteiger partial charge is 0.232 e. The van der Waals surface area contributed by atoms with E-state index in [1.807, 2.05) is 18.2 Å². The first-order chi connectivity index (χ1) is 10.5. The highest BCUT2D eigenvalue weighted by molar-refractivity contribution is 9.10. The molecule has 0 unspecified atom stereocenters. The summed E-state index contributed by atoms with van der Waals surface area (Å²) in [5.74, 6) is 2.47. The van der Waals surface area contributed by atoms with Crippen LogP contribution in [0.5, 0.6) is 0 Å². The van der Waals surface area contributed by atoms with Crippen LogP contribution in [0, 0.1) is 12.3 Å². The van der Waals surface area contributed by atoms with Crippen molar-refractivity contribution in [2.45, 2.75) is 12.8 Å². The molecule has 1 aliphatic heterocycles. The molecule has 0 radical (unpaired) electrons. The van der Waals surface area contributed by atoms with E-state index in [2.05, 4.69) is 31.5 Å². The molecule has 120 valence electrons. The number of anilines is 2. The van der Waals surface area contributed by atoms with Gasteiger partial charge in [-0.1, -0.05) is 0 Å². The van der Waals surface area contributed by atoms with Crippen LogP contribution in [-0.2, 0) is 14.8 Å². The molecule has 1 aromatic rings. The summed E-state index contributed by atoms with van der Waals surface area (Å²) < 4.78 is 32.8. The highest BCUT2D eigenvalue weighted by Crippen LogP contribution is 2.29. The predicted molar refractivity (Wildman–Crippen MR) is 92.7 cm³/mol. The number of benzene rings is 1. The number of unbranched alkanes of at least 4 members (excludes halogenated alkanes) is 1. The third kappa shape index (κ3) is 4.90. The molecule has 1 aliphatic rings. The van der Waals surface area contributed by atoms with Gasteiger partial charge in [0.2, 0.25) is 10.0 Å². The van der Waals surface area contributed by atoms with E-state index in [0.29, 0.717) is 36.2 Å². The molecule has 0 amide bonds. The average molecular weight is 387 g/mol. The van der Waals surface area contributed by atoms with Crippen LogP contribution in [0.2, 0.25) is 0 Å². The van der Waals surface area contributed by atoms with Gasteiger partial charge in [-0.25, -0.2) is 8.42 Å². The fourth-order valence-corrected chi connectivity index (χ4v) is 3.80. The quantitative estimate of drug-likeness (QED) is 0.602. The predicted octanol–water partition coefficient (Wildman–Crippen LogP) is 2.44. The zero-order valence-electron chi connectivity index (χ0n) is 12.2. The van der Waals surface area contributed by atoms with Crippen LogP contribution in [0.1, 0.15) is 12.8 Å². The third-order valence-corrected chi connectivity index (χ3v) is 5.37. The summed E-state index contributed by atoms with van der Waals surface area (Å²) >= 11 is 3.39. The molecule has 22 heavy (non-hydrogen) atoms. The number of hydrogen-bond acceptors (Lipinski definition) is 4. The van der Waals surface area contributed by atoms with E-state index >= 15 is 0 Å². The minimum atomic E-state index is -3.40. The highest BCUT2D eigenvalue weighted by atomic mass is 79.9. The van der Waals surface area contributed by atoms with Gasteiger partial charge in [0.05, 0.1) is 24.7 Å². The number of terminal acetylenes is 1. The van der Waals surface area contributed by atoms with Gasteiger partial charge in [-0.3, -0.25) is 4.72 Å². The Bertz CT molecular complexity index is 649. The molecule has 0 saturated carbocycles. The molecular formula is C15H19BrN2O3S. The first-order valence-electron chi connectivity index (χ1n) is 7.08. The van der Waals surface area contributed by atoms with Crippen LogP contribution in [0.25, 0.3) is 0 Å². The van der Waals surface area contributed by atoms with Crippen molar-refractivity contribution in [3.8, 4) is 12.3 Å². The lowest BCUT2D eigenvalue weighted by atomic mass is 10.2. The van der Waals surface area contributed by atoms with E-state index in [1.165, 1.54) is 0 Å². The zero-order valence-corrected chi connectivity index (χ0v) is 14.6. The maximum atomic E-state index is 12.1. The summed E-state index contributed by atoms with van der Waals surface area (Å²) in [7, 11) is -3.40. The lowest BCUT2D eigenvalue weighted by Gasteiger charge is -2.29. The molecule has 7 heteroatoms. The average Bonchev–Trinajstić information content (AvgIpc) is 2.50. The van der Waals surface area contributed by atoms with Gasteiger partial charge >= 0.3 is 0 Å². The van der Waals surface area contributed by atoms with E-state index in [0.717, 1.165) is 18.8 Å². The molecule has 1 saturated heterocycles. The molecule has 2 rings (SSSR count). The monoisotopic (exact) mass is 386 g/mol. The molecule has 0 aromatic heterocycles. The van der Waals surface area contributed by atoms with Gasteiger partial charge in [0.1, 0.15) is 0 Å². The van der Waals surface area contributed by atoms with Crippen LogP contribution in [0.4, 0.5) is 11.4 Å². The Morgan fingerprint density at radius 1 is 1.36 bits per heavy atom. The molecule has 5 nitrogen and oxygen atoms in total. The number of hydrogen-bond donors (Lipinski definition) is 1. The number of nitrogens with zero attached hydrogens (tertiary/aromatic N) is 1. The normalized spacial score (nSPS) is 15.4. The van der Waals surface area contributed by atoms with Crippen molar-refractivity contribution in [1.82, 2.24) is 0 Å². The number of ether oxygens (including phenoxy) is 1. The first kappa shape index (κ1) is 17.1. The molecule has 1 N–H and O–H groups in total. The van der Waals surface area contributed by atoms with Crippen LogP contribution in [0.15, 0.2) is 22.7 Å². The summed E-state index contributed by atoms with van der Waals surface area (Å²) in [6.07, 6.45) is 6.05. The Kier molecular flexibility index (Phi) is 6.12. The van der Waals surface area contributed by atoms with E-state index in [-0.39, 0.29) is 5.75 Å². The van der Waals surface area contributed by atoms with Gasteiger partial charge in [-0.05, 0) is 40.5 Å². The minimum Gasteiger partial charge on any atom is -0.378 e. The van der Waals surface area contributed by atoms with Crippen LogP contribution < -0.4 is 9.62 Å². The highest BCUT2D eigenvalue weighted by Gasteiger charge is 2.16. The van der Waals surface area contributed by atoms with Crippen LogP contribution in [0.3, 0.4) is 0 Å². The Balaban J connectivity index is 2.11. The molecule has 0 spiro atoms. The lowest BCUT2D eigenvalue weighted by molar-refractivity contribution is 0.122. The maximum absolute atomic E-state index is 12.1. The summed E-state index contributed by atoms with van der Waals surface area (Å²) in [5, 5.41) is 0. The summed E-state index contributed by atoms with van der Waals surface area (Å²) in [4.78, 5) is 2.17. The van der Waals surface area contributed by atoms with Crippen molar-refractivity contribution in [1.29, 1.82) is 0 Å². The van der Waals surface area contributed by atoms with Crippen molar-refractivity contribution in [2.24, 2.45) is 0 Å². The lowest BCUT2D eigenvalue weighted by Crippen LogP contribution is -2.36. The van der Waals surface area contributed by atoms with Gasteiger partial charge < -0.3 is 9.64 Å². The largest absolute Gasteiger partial charge is 0.378 e. The van der Waals surface area contributed by atoms with Crippen LogP contribution in [-0.4, -0.2) is 40.5 Å². The SMILES string of the molecule is C#CCCCS(=O)(=O)Nc1cc(N2CCOCC2)ccc1Br. The second kappa shape index (κ2) is 7.86. The van der Waals surface area contributed by atoms with Gasteiger partial charge in [0.15, 0.2) is 0 Å². The minimum absolute atomic E-state index is 0.0193. The van der Waals surface area contributed by atoms with Crippen molar-refractivity contribution >= 4 is 37.3 Å². The molecule has 0 aliphatic carbocycles. The van der Waals surface area contributed by atoms with Gasteiger partial charge in [-0.15, -0.1) is 12.3 Å². The second-order valence-corrected chi connectivity index (χ2v) is 7.69. The molecule has 1 aromatic carbocycles. The van der Waals surface area contributed by atoms with Crippen molar-refractivity contribution < 1.29 is 13.2 Å². The standard InChI is InChI=1S/C15H19BrN2O3S/c1-2-3-4-11-22(19,20)17-15-12-13(5-6-14(15)16)18-7-9-21-10-8-18/h1,5-6,12,17H,3-4,7-11H2. The van der Waals surface area contributed by atoms with E-state index in [9.17, 15) is 8.42 Å².